The molecule has 1 saturated carbocycles. The van der Waals surface area contributed by atoms with Crippen LogP contribution in [0.15, 0.2) is 24.4 Å². The highest BCUT2D eigenvalue weighted by molar-refractivity contribution is 5.85. The standard InChI is InChI=1S/C12H16NO/c1-13-9-5-4-7-11(13)10-6-2-3-8-12(10)14/h4-5,7,9-10H,2-3,6,8H2,1H3/q+1. The van der Waals surface area contributed by atoms with Gasteiger partial charge in [-0.1, -0.05) is 12.5 Å². The van der Waals surface area contributed by atoms with Crippen molar-refractivity contribution < 1.29 is 9.36 Å². The maximum absolute atomic E-state index is 11.7. The van der Waals surface area contributed by atoms with E-state index in [0.29, 0.717) is 5.78 Å². The summed E-state index contributed by atoms with van der Waals surface area (Å²) in [6.07, 6.45) is 6.06. The van der Waals surface area contributed by atoms with Gasteiger partial charge in [0.15, 0.2) is 11.9 Å². The molecule has 1 fully saturated rings. The van der Waals surface area contributed by atoms with E-state index in [9.17, 15) is 4.79 Å². The van der Waals surface area contributed by atoms with E-state index in [1.54, 1.807) is 0 Å². The molecule has 1 aliphatic carbocycles. The Kier molecular flexibility index (Phi) is 2.62. The average molecular weight is 190 g/mol. The summed E-state index contributed by atoms with van der Waals surface area (Å²) in [6.45, 7) is 0. The van der Waals surface area contributed by atoms with Crippen LogP contribution in [0.3, 0.4) is 0 Å². The van der Waals surface area contributed by atoms with Crippen molar-refractivity contribution >= 4 is 5.78 Å². The summed E-state index contributed by atoms with van der Waals surface area (Å²) in [4.78, 5) is 11.7. The van der Waals surface area contributed by atoms with Gasteiger partial charge in [0.2, 0.25) is 0 Å². The third-order valence-electron chi connectivity index (χ3n) is 3.01. The Labute approximate surface area is 84.6 Å². The monoisotopic (exact) mass is 190 g/mol. The molecule has 1 heterocycles. The Balaban J connectivity index is 2.29. The Bertz CT molecular complexity index is 346. The molecular weight excluding hydrogens is 174 g/mol. The Hall–Kier alpha value is -1.18. The topological polar surface area (TPSA) is 20.9 Å². The van der Waals surface area contributed by atoms with Crippen molar-refractivity contribution in [2.45, 2.75) is 31.6 Å². The summed E-state index contributed by atoms with van der Waals surface area (Å²) in [7, 11) is 2.01. The lowest BCUT2D eigenvalue weighted by atomic mass is 9.85. The molecule has 1 unspecified atom stereocenters. The van der Waals surface area contributed by atoms with Gasteiger partial charge in [-0.3, -0.25) is 4.79 Å². The highest BCUT2D eigenvalue weighted by atomic mass is 16.1. The lowest BCUT2D eigenvalue weighted by Crippen LogP contribution is -2.37. The number of carbonyl (C=O) groups excluding carboxylic acids is 1. The first kappa shape index (κ1) is 9.38. The van der Waals surface area contributed by atoms with Gasteiger partial charge in [-0.25, -0.2) is 4.57 Å². The smallest absolute Gasteiger partial charge is 0.191 e. The van der Waals surface area contributed by atoms with E-state index in [0.717, 1.165) is 25.0 Å². The molecule has 0 spiro atoms. The van der Waals surface area contributed by atoms with Crippen LogP contribution in [-0.2, 0) is 11.8 Å². The van der Waals surface area contributed by atoms with E-state index in [1.807, 2.05) is 25.4 Å². The lowest BCUT2D eigenvalue weighted by molar-refractivity contribution is -0.679. The van der Waals surface area contributed by atoms with Crippen LogP contribution in [0, 0.1) is 0 Å². The third-order valence-corrected chi connectivity index (χ3v) is 3.01. The van der Waals surface area contributed by atoms with E-state index in [1.165, 1.54) is 6.42 Å². The molecule has 2 rings (SSSR count). The van der Waals surface area contributed by atoms with Gasteiger partial charge in [0.25, 0.3) is 0 Å². The number of pyridine rings is 1. The number of nitrogens with zero attached hydrogens (tertiary/aromatic N) is 1. The van der Waals surface area contributed by atoms with Gasteiger partial charge in [-0.2, -0.15) is 0 Å². The average Bonchev–Trinajstić information content (AvgIpc) is 2.20. The summed E-state index contributed by atoms with van der Waals surface area (Å²) < 4.78 is 2.06. The largest absolute Gasteiger partial charge is 0.299 e. The molecule has 0 bridgehead atoms. The number of carbonyl (C=O) groups is 1. The lowest BCUT2D eigenvalue weighted by Gasteiger charge is -2.17. The first-order valence-corrected chi connectivity index (χ1v) is 5.26. The van der Waals surface area contributed by atoms with Crippen molar-refractivity contribution in [1.29, 1.82) is 0 Å². The van der Waals surface area contributed by atoms with Crippen LogP contribution in [0.2, 0.25) is 0 Å². The van der Waals surface area contributed by atoms with Gasteiger partial charge in [-0.05, 0) is 12.8 Å². The highest BCUT2D eigenvalue weighted by Gasteiger charge is 2.29. The maximum atomic E-state index is 11.7. The van der Waals surface area contributed by atoms with Gasteiger partial charge in [-0.15, -0.1) is 0 Å². The van der Waals surface area contributed by atoms with Crippen LogP contribution in [0.1, 0.15) is 37.3 Å². The summed E-state index contributed by atoms with van der Waals surface area (Å²) in [5, 5.41) is 0. The number of ketones is 1. The van der Waals surface area contributed by atoms with Crippen molar-refractivity contribution in [2.24, 2.45) is 7.05 Å². The van der Waals surface area contributed by atoms with Crippen LogP contribution in [0.4, 0.5) is 0 Å². The van der Waals surface area contributed by atoms with Crippen molar-refractivity contribution in [3.8, 4) is 0 Å². The fraction of sp³-hybridized carbons (Fsp3) is 0.500. The number of aromatic nitrogens is 1. The molecule has 1 aromatic heterocycles. The zero-order chi connectivity index (χ0) is 9.97. The number of Topliss-reactive ketones (excluding diaryl/α,β-unsaturated/α-hetero) is 1. The highest BCUT2D eigenvalue weighted by Crippen LogP contribution is 2.27. The first-order valence-electron chi connectivity index (χ1n) is 5.26. The molecule has 0 amide bonds. The summed E-state index contributed by atoms with van der Waals surface area (Å²) in [6, 6.07) is 6.07. The van der Waals surface area contributed by atoms with Gasteiger partial charge in [0.1, 0.15) is 18.7 Å². The normalized spacial score (nSPS) is 22.4. The predicted octanol–water partition coefficient (Wildman–Crippen LogP) is 1.74. The Morgan fingerprint density at radius 1 is 1.36 bits per heavy atom. The minimum absolute atomic E-state index is 0.148. The summed E-state index contributed by atoms with van der Waals surface area (Å²) in [5.74, 6) is 0.563. The molecule has 0 aliphatic heterocycles. The SMILES string of the molecule is C[n+]1ccccc1C1CCCCC1=O. The van der Waals surface area contributed by atoms with Crippen molar-refractivity contribution in [2.75, 3.05) is 0 Å². The molecule has 0 radical (unpaired) electrons. The Morgan fingerprint density at radius 3 is 2.93 bits per heavy atom. The molecule has 14 heavy (non-hydrogen) atoms. The van der Waals surface area contributed by atoms with Gasteiger partial charge < -0.3 is 0 Å². The van der Waals surface area contributed by atoms with Gasteiger partial charge in [0, 0.05) is 18.6 Å². The van der Waals surface area contributed by atoms with E-state index < -0.39 is 0 Å². The zero-order valence-electron chi connectivity index (χ0n) is 8.57. The van der Waals surface area contributed by atoms with Crippen LogP contribution >= 0.6 is 0 Å². The van der Waals surface area contributed by atoms with E-state index >= 15 is 0 Å². The number of hydrogen-bond donors (Lipinski definition) is 0. The van der Waals surface area contributed by atoms with Crippen molar-refractivity contribution in [3.63, 3.8) is 0 Å². The van der Waals surface area contributed by atoms with Gasteiger partial charge in [0.05, 0.1) is 0 Å². The molecule has 1 aliphatic rings. The number of rotatable bonds is 1. The second-order valence-electron chi connectivity index (χ2n) is 4.00. The second kappa shape index (κ2) is 3.91. The number of aryl methyl sites for hydroxylation is 1. The van der Waals surface area contributed by atoms with Crippen molar-refractivity contribution in [3.05, 3.63) is 30.1 Å². The molecule has 1 aromatic rings. The molecule has 0 aromatic carbocycles. The van der Waals surface area contributed by atoms with Crippen LogP contribution in [0.5, 0.6) is 0 Å². The summed E-state index contributed by atoms with van der Waals surface area (Å²) >= 11 is 0. The van der Waals surface area contributed by atoms with E-state index in [-0.39, 0.29) is 5.92 Å². The molecule has 0 N–H and O–H groups in total. The molecule has 0 saturated heterocycles. The van der Waals surface area contributed by atoms with Crippen LogP contribution in [0.25, 0.3) is 0 Å². The zero-order valence-corrected chi connectivity index (χ0v) is 8.57. The van der Waals surface area contributed by atoms with Crippen molar-refractivity contribution in [1.82, 2.24) is 0 Å². The summed E-state index contributed by atoms with van der Waals surface area (Å²) in [5.41, 5.74) is 1.16. The van der Waals surface area contributed by atoms with Gasteiger partial charge >= 0.3 is 0 Å². The van der Waals surface area contributed by atoms with E-state index in [4.69, 9.17) is 0 Å². The molecule has 1 atom stereocenters. The number of hydrogen-bond acceptors (Lipinski definition) is 1. The predicted molar refractivity (Wildman–Crippen MR) is 53.8 cm³/mol. The molecule has 2 nitrogen and oxygen atoms in total. The van der Waals surface area contributed by atoms with E-state index in [2.05, 4.69) is 10.6 Å². The molecular formula is C12H16NO+. The van der Waals surface area contributed by atoms with Crippen LogP contribution < -0.4 is 4.57 Å². The fourth-order valence-corrected chi connectivity index (χ4v) is 2.19. The second-order valence-corrected chi connectivity index (χ2v) is 4.00. The maximum Gasteiger partial charge on any atom is 0.191 e. The minimum atomic E-state index is 0.148. The first-order chi connectivity index (χ1) is 6.79. The fourth-order valence-electron chi connectivity index (χ4n) is 2.19. The molecule has 2 heteroatoms. The van der Waals surface area contributed by atoms with Crippen LogP contribution in [-0.4, -0.2) is 5.78 Å². The quantitative estimate of drug-likeness (QED) is 0.618. The third kappa shape index (κ3) is 1.69. The Morgan fingerprint density at radius 2 is 2.21 bits per heavy atom. The molecule has 74 valence electrons. The minimum Gasteiger partial charge on any atom is -0.299 e.